The normalized spacial score (nSPS) is 20.0. The fraction of sp³-hybridized carbons (Fsp3) is 0.700. The van der Waals surface area contributed by atoms with Crippen LogP contribution in [0.1, 0.15) is 111 Å². The Morgan fingerprint density at radius 1 is 0.965 bits per heavy atom. The van der Waals surface area contributed by atoms with Crippen LogP contribution in [0.15, 0.2) is 30.3 Å². The molecule has 6 atom stereocenters. The number of benzene rings is 1. The molecule has 1 aliphatic carbocycles. The highest BCUT2D eigenvalue weighted by molar-refractivity contribution is 7.88. The number of hydrogen-bond donors (Lipinski definition) is 5. The Bertz CT molecular complexity index is 1640. The van der Waals surface area contributed by atoms with Crippen LogP contribution in [0.25, 0.3) is 0 Å². The molecule has 1 aliphatic heterocycles. The molecule has 1 aromatic rings. The minimum Gasteiger partial charge on any atom is -0.371 e. The average Bonchev–Trinajstić information content (AvgIpc) is 3.54. The van der Waals surface area contributed by atoms with E-state index in [1.54, 1.807) is 37.3 Å². The number of sulfonamides is 1. The van der Waals surface area contributed by atoms with E-state index in [9.17, 15) is 37.2 Å². The van der Waals surface area contributed by atoms with Gasteiger partial charge in [-0.25, -0.2) is 13.1 Å². The summed E-state index contributed by atoms with van der Waals surface area (Å²) in [6.07, 6.45) is 4.22. The molecular weight excluding hydrogens is 757 g/mol. The van der Waals surface area contributed by atoms with Gasteiger partial charge in [0.25, 0.3) is 11.8 Å². The van der Waals surface area contributed by atoms with Crippen LogP contribution < -0.4 is 26.4 Å². The molecule has 1 aromatic carbocycles. The molecule has 57 heavy (non-hydrogen) atoms. The molecule has 17 heteroatoms. The number of nitrogens with one attached hydrogen (secondary N) is 4. The van der Waals surface area contributed by atoms with E-state index in [4.69, 9.17) is 15.2 Å². The maximum absolute atomic E-state index is 14.7. The number of amides is 5. The molecule has 3 rings (SSSR count). The van der Waals surface area contributed by atoms with E-state index in [2.05, 4.69) is 20.7 Å². The summed E-state index contributed by atoms with van der Waals surface area (Å²) in [6, 6.07) is 4.14. The number of nitrogens with two attached hydrogens (primary N) is 1. The Kier molecular flexibility index (Phi) is 18.1. The maximum Gasteiger partial charge on any atom is 0.289 e. The van der Waals surface area contributed by atoms with Crippen LogP contribution in [0, 0.1) is 11.8 Å². The first-order chi connectivity index (χ1) is 26.7. The van der Waals surface area contributed by atoms with Gasteiger partial charge in [-0.05, 0) is 63.9 Å². The number of primary amides is 1. The van der Waals surface area contributed by atoms with Crippen molar-refractivity contribution in [1.82, 2.24) is 25.6 Å². The van der Waals surface area contributed by atoms with Crippen LogP contribution in [0.4, 0.5) is 0 Å². The number of Topliss-reactive ketones (excluding diaryl/α,β-unsaturated/α-hetero) is 1. The molecule has 1 heterocycles. The Hall–Kier alpha value is -3.93. The summed E-state index contributed by atoms with van der Waals surface area (Å²) in [5.41, 5.74) is 5.42. The zero-order valence-corrected chi connectivity index (χ0v) is 35.3. The molecule has 2 fully saturated rings. The Balaban J connectivity index is 1.81. The summed E-state index contributed by atoms with van der Waals surface area (Å²) in [5.74, 6) is -4.63. The Labute approximate surface area is 337 Å². The summed E-state index contributed by atoms with van der Waals surface area (Å²) < 4.78 is 38.7. The molecule has 0 radical (unpaired) electrons. The van der Waals surface area contributed by atoms with Gasteiger partial charge in [-0.1, -0.05) is 76.8 Å². The lowest BCUT2D eigenvalue weighted by Crippen LogP contribution is -2.60. The molecule has 1 saturated heterocycles. The molecule has 0 aromatic heterocycles. The molecule has 1 saturated carbocycles. The second-order valence-electron chi connectivity index (χ2n) is 16.6. The molecule has 320 valence electrons. The van der Waals surface area contributed by atoms with E-state index in [0.29, 0.717) is 24.8 Å². The molecule has 16 nitrogen and oxygen atoms in total. The van der Waals surface area contributed by atoms with Gasteiger partial charge in [0.15, 0.2) is 6.10 Å². The van der Waals surface area contributed by atoms with Crippen molar-refractivity contribution in [3.63, 3.8) is 0 Å². The second kappa shape index (κ2) is 21.7. The van der Waals surface area contributed by atoms with Crippen LogP contribution in [-0.2, 0) is 48.3 Å². The topological polar surface area (TPSA) is 232 Å². The van der Waals surface area contributed by atoms with Crippen LogP contribution in [0.3, 0.4) is 0 Å². The molecular formula is C40H64N6O10S. The fourth-order valence-electron chi connectivity index (χ4n) is 7.48. The number of ketones is 1. The van der Waals surface area contributed by atoms with Crippen LogP contribution in [0.5, 0.6) is 0 Å². The standard InChI is InChI=1S/C40H64N6O10S/c1-8-15-29(33(47)38(51)42-20-21-55-34(35(41)48)27-18-13-10-14-19-27)43-37(50)31-23-28(56-40(4,5)6)24-46(31)39(52)32(26-16-11-9-12-17-26)44-36(49)30(22-25(2)3)45-57(7,53)54/h10,13-14,18-19,25-26,28-32,34,45H,8-9,11-12,15-17,20-24H2,1-7H3,(H2,41,48)(H,42,51)(H,43,50)(H,44,49)/t28-,29?,30+,31+,32+,34?/m1/s1. The molecule has 2 unspecified atom stereocenters. The number of hydrogen-bond acceptors (Lipinski definition) is 10. The average molecular weight is 821 g/mol. The predicted octanol–water partition coefficient (Wildman–Crippen LogP) is 2.01. The first-order valence-electron chi connectivity index (χ1n) is 20.0. The number of carbonyl (C=O) groups is 6. The molecule has 2 aliphatic rings. The number of rotatable bonds is 21. The van der Waals surface area contributed by atoms with Gasteiger partial charge in [-0.2, -0.15) is 0 Å². The monoisotopic (exact) mass is 820 g/mol. The molecule has 6 N–H and O–H groups in total. The minimum atomic E-state index is -3.76. The van der Waals surface area contributed by atoms with E-state index < -0.39 is 87.3 Å². The Morgan fingerprint density at radius 2 is 1.61 bits per heavy atom. The maximum atomic E-state index is 14.7. The lowest BCUT2D eigenvalue weighted by molar-refractivity contribution is -0.145. The zero-order chi connectivity index (χ0) is 42.5. The van der Waals surface area contributed by atoms with Gasteiger partial charge < -0.3 is 36.1 Å². The van der Waals surface area contributed by atoms with Gasteiger partial charge in [0.05, 0.1) is 30.6 Å². The van der Waals surface area contributed by atoms with Crippen molar-refractivity contribution in [3.05, 3.63) is 35.9 Å². The van der Waals surface area contributed by atoms with Crippen molar-refractivity contribution in [1.29, 1.82) is 0 Å². The molecule has 0 spiro atoms. The van der Waals surface area contributed by atoms with Crippen molar-refractivity contribution >= 4 is 45.3 Å². The van der Waals surface area contributed by atoms with Gasteiger partial charge in [0, 0.05) is 19.5 Å². The van der Waals surface area contributed by atoms with E-state index in [-0.39, 0.29) is 50.8 Å². The summed E-state index contributed by atoms with van der Waals surface area (Å²) >= 11 is 0. The lowest BCUT2D eigenvalue weighted by Gasteiger charge is -2.35. The largest absolute Gasteiger partial charge is 0.371 e. The minimum absolute atomic E-state index is 0.0342. The summed E-state index contributed by atoms with van der Waals surface area (Å²) in [6.45, 7) is 10.9. The van der Waals surface area contributed by atoms with Crippen LogP contribution >= 0.6 is 0 Å². The van der Waals surface area contributed by atoms with Gasteiger partial charge in [0.1, 0.15) is 18.1 Å². The number of carbonyl (C=O) groups excluding carboxylic acids is 6. The second-order valence-corrected chi connectivity index (χ2v) is 18.4. The van der Waals surface area contributed by atoms with E-state index in [0.717, 1.165) is 25.5 Å². The smallest absolute Gasteiger partial charge is 0.289 e. The van der Waals surface area contributed by atoms with Gasteiger partial charge in [0.2, 0.25) is 33.5 Å². The van der Waals surface area contributed by atoms with Crippen molar-refractivity contribution < 1.29 is 46.7 Å². The lowest BCUT2D eigenvalue weighted by atomic mass is 9.83. The van der Waals surface area contributed by atoms with Crippen molar-refractivity contribution in [2.24, 2.45) is 17.6 Å². The van der Waals surface area contributed by atoms with Crippen molar-refractivity contribution in [2.45, 2.75) is 141 Å². The highest BCUT2D eigenvalue weighted by Gasteiger charge is 2.46. The first kappa shape index (κ1) is 47.4. The third-order valence-electron chi connectivity index (χ3n) is 9.90. The summed E-state index contributed by atoms with van der Waals surface area (Å²) in [5, 5.41) is 8.10. The fourth-order valence-corrected chi connectivity index (χ4v) is 8.20. The van der Waals surface area contributed by atoms with Crippen LogP contribution in [-0.4, -0.2) is 110 Å². The Morgan fingerprint density at radius 3 is 2.18 bits per heavy atom. The van der Waals surface area contributed by atoms with Gasteiger partial charge >= 0.3 is 0 Å². The molecule has 0 bridgehead atoms. The molecule has 5 amide bonds. The van der Waals surface area contributed by atoms with E-state index >= 15 is 0 Å². The summed E-state index contributed by atoms with van der Waals surface area (Å²) in [7, 11) is -3.76. The third kappa shape index (κ3) is 15.4. The summed E-state index contributed by atoms with van der Waals surface area (Å²) in [4.78, 5) is 82.4. The van der Waals surface area contributed by atoms with Gasteiger partial charge in [-0.3, -0.25) is 28.8 Å². The van der Waals surface area contributed by atoms with E-state index in [1.807, 2.05) is 34.6 Å². The van der Waals surface area contributed by atoms with Crippen LogP contribution in [0.2, 0.25) is 0 Å². The van der Waals surface area contributed by atoms with Crippen molar-refractivity contribution in [2.75, 3.05) is 26.0 Å². The third-order valence-corrected chi connectivity index (χ3v) is 10.6. The number of nitrogens with zero attached hydrogens (tertiary/aromatic N) is 1. The number of ether oxygens (including phenoxy) is 2. The predicted molar refractivity (Wildman–Crippen MR) is 214 cm³/mol. The highest BCUT2D eigenvalue weighted by Crippen LogP contribution is 2.31. The SMILES string of the molecule is CCCC(NC(=O)[C@@H]1C[C@@H](OC(C)(C)C)CN1C(=O)[C@@H](NC(=O)[C@H](CC(C)C)NS(C)(=O)=O)C1CCCCC1)C(=O)C(=O)NCCOC(C(N)=O)c1ccccc1. The zero-order valence-electron chi connectivity index (χ0n) is 34.5. The van der Waals surface area contributed by atoms with Crippen molar-refractivity contribution in [3.8, 4) is 0 Å². The number of likely N-dealkylation sites (tertiary alicyclic amines) is 1. The quantitative estimate of drug-likeness (QED) is 0.0895. The first-order valence-corrected chi connectivity index (χ1v) is 21.9. The van der Waals surface area contributed by atoms with Gasteiger partial charge in [-0.15, -0.1) is 0 Å². The van der Waals surface area contributed by atoms with E-state index in [1.165, 1.54) is 4.90 Å². The highest BCUT2D eigenvalue weighted by atomic mass is 32.2.